The van der Waals surface area contributed by atoms with Crippen LogP contribution in [0.1, 0.15) is 56.7 Å². The molecule has 0 aromatic heterocycles. The van der Waals surface area contributed by atoms with Gasteiger partial charge in [-0.3, -0.25) is 9.59 Å². The van der Waals surface area contributed by atoms with Crippen LogP contribution in [0.4, 0.5) is 0 Å². The minimum atomic E-state index is -1.95. The van der Waals surface area contributed by atoms with Crippen molar-refractivity contribution in [3.05, 3.63) is 142 Å². The molecule has 0 saturated carbocycles. The van der Waals surface area contributed by atoms with Crippen molar-refractivity contribution in [3.8, 4) is 69.0 Å². The van der Waals surface area contributed by atoms with E-state index in [0.29, 0.717) is 11.1 Å². The van der Waals surface area contributed by atoms with E-state index in [1.54, 1.807) is 0 Å². The topological polar surface area (TPSA) is 233 Å². The van der Waals surface area contributed by atoms with E-state index < -0.39 is 46.5 Å². The number of phenols is 8. The van der Waals surface area contributed by atoms with Gasteiger partial charge in [0.2, 0.25) is 0 Å². The molecule has 0 aliphatic carbocycles. The number of hydrogen-bond donors (Lipinski definition) is 8. The van der Waals surface area contributed by atoms with E-state index in [0.717, 1.165) is 12.1 Å². The molecule has 0 amide bonds. The summed E-state index contributed by atoms with van der Waals surface area (Å²) in [7, 11) is 0. The zero-order valence-corrected chi connectivity index (χ0v) is 29.6. The number of ether oxygens (including phenoxy) is 4. The van der Waals surface area contributed by atoms with Gasteiger partial charge in [-0.15, -0.1) is 0 Å². The average Bonchev–Trinajstić information content (AvgIpc) is 3.86. The minimum absolute atomic E-state index is 0.0289. The summed E-state index contributed by atoms with van der Waals surface area (Å²) in [6.45, 7) is 0. The van der Waals surface area contributed by atoms with E-state index in [4.69, 9.17) is 18.9 Å². The highest BCUT2D eigenvalue weighted by Crippen LogP contribution is 2.65. The molecule has 288 valence electrons. The first kappa shape index (κ1) is 34.5. The van der Waals surface area contributed by atoms with Crippen LogP contribution in [0.2, 0.25) is 0 Å². The van der Waals surface area contributed by atoms with Crippen LogP contribution in [0.25, 0.3) is 12.2 Å². The Labute approximate surface area is 326 Å². The Morgan fingerprint density at radius 1 is 0.414 bits per heavy atom. The molecule has 0 saturated heterocycles. The highest BCUT2D eigenvalue weighted by Gasteiger charge is 2.66. The molecular formula is C44H28O14. The molecule has 4 heterocycles. The van der Waals surface area contributed by atoms with Gasteiger partial charge in [-0.05, 0) is 58.7 Å². The maximum atomic E-state index is 14.4. The highest BCUT2D eigenvalue weighted by molar-refractivity contribution is 6.02. The van der Waals surface area contributed by atoms with E-state index in [-0.39, 0.29) is 90.9 Å². The molecule has 4 aliphatic rings. The van der Waals surface area contributed by atoms with Crippen molar-refractivity contribution in [3.63, 3.8) is 0 Å². The predicted molar refractivity (Wildman–Crippen MR) is 200 cm³/mol. The van der Waals surface area contributed by atoms with Crippen molar-refractivity contribution >= 4 is 24.1 Å². The summed E-state index contributed by atoms with van der Waals surface area (Å²) in [6.07, 6.45) is 0.497. The number of carbonyl (C=O) groups excluding carboxylic acids is 2. The second-order valence-electron chi connectivity index (χ2n) is 14.4. The van der Waals surface area contributed by atoms with Crippen LogP contribution in [0, 0.1) is 0 Å². The van der Waals surface area contributed by atoms with Gasteiger partial charge in [0.1, 0.15) is 81.2 Å². The molecule has 14 nitrogen and oxygen atoms in total. The highest BCUT2D eigenvalue weighted by atomic mass is 16.6. The van der Waals surface area contributed by atoms with E-state index in [2.05, 4.69) is 0 Å². The zero-order chi connectivity index (χ0) is 40.4. The van der Waals surface area contributed by atoms with Gasteiger partial charge < -0.3 is 59.8 Å². The zero-order valence-electron chi connectivity index (χ0n) is 29.6. The van der Waals surface area contributed by atoms with Crippen LogP contribution < -0.4 is 18.9 Å². The first-order valence-corrected chi connectivity index (χ1v) is 17.7. The van der Waals surface area contributed by atoms with Gasteiger partial charge in [-0.2, -0.15) is 0 Å². The van der Waals surface area contributed by atoms with Gasteiger partial charge in [0.25, 0.3) is 0 Å². The average molecular weight is 781 g/mol. The summed E-state index contributed by atoms with van der Waals surface area (Å²) in [5.74, 6) is -4.41. The molecule has 58 heavy (non-hydrogen) atoms. The lowest BCUT2D eigenvalue weighted by molar-refractivity contribution is -0.139. The van der Waals surface area contributed by atoms with Crippen LogP contribution in [-0.4, -0.2) is 52.8 Å². The Morgan fingerprint density at radius 3 is 1.14 bits per heavy atom. The number of aromatic hydroxyl groups is 8. The molecule has 10 rings (SSSR count). The number of phenolic OH excluding ortho intramolecular Hbond substituents is 8. The second kappa shape index (κ2) is 11.8. The first-order valence-electron chi connectivity index (χ1n) is 17.7. The van der Waals surface area contributed by atoms with Crippen molar-refractivity contribution in [2.75, 3.05) is 0 Å². The number of carbonyl (C=O) groups is 2. The van der Waals surface area contributed by atoms with Gasteiger partial charge in [-0.1, -0.05) is 36.4 Å². The molecular weight excluding hydrogens is 752 g/mol. The molecule has 0 unspecified atom stereocenters. The third kappa shape index (κ3) is 4.53. The molecule has 0 radical (unpaired) electrons. The lowest BCUT2D eigenvalue weighted by Crippen LogP contribution is -2.40. The molecule has 0 fully saturated rings. The fraction of sp³-hybridized carbons (Fsp3) is 0.0909. The normalized spacial score (nSPS) is 22.0. The fourth-order valence-corrected chi connectivity index (χ4v) is 8.97. The summed E-state index contributed by atoms with van der Waals surface area (Å²) >= 11 is 0. The number of benzene rings is 6. The van der Waals surface area contributed by atoms with Crippen molar-refractivity contribution in [2.45, 2.75) is 23.0 Å². The third-order valence-corrected chi connectivity index (χ3v) is 11.1. The summed E-state index contributed by atoms with van der Waals surface area (Å²) in [5.41, 5.74) is -2.58. The molecule has 6 aromatic carbocycles. The first-order chi connectivity index (χ1) is 27.8. The molecule has 4 aliphatic heterocycles. The van der Waals surface area contributed by atoms with Crippen molar-refractivity contribution in [1.82, 2.24) is 0 Å². The van der Waals surface area contributed by atoms with E-state index in [9.17, 15) is 50.4 Å². The second-order valence-corrected chi connectivity index (χ2v) is 14.4. The van der Waals surface area contributed by atoms with E-state index in [1.807, 2.05) is 0 Å². The van der Waals surface area contributed by atoms with Crippen LogP contribution >= 0.6 is 0 Å². The van der Waals surface area contributed by atoms with E-state index >= 15 is 0 Å². The number of hydrogen-bond acceptors (Lipinski definition) is 14. The monoisotopic (exact) mass is 780 g/mol. The van der Waals surface area contributed by atoms with Crippen molar-refractivity contribution in [2.24, 2.45) is 0 Å². The Balaban J connectivity index is 1.21. The maximum Gasteiger partial charge on any atom is 0.331 e. The smallest absolute Gasteiger partial charge is 0.331 e. The minimum Gasteiger partial charge on any atom is -0.508 e. The quantitative estimate of drug-likeness (QED) is 0.0567. The maximum absolute atomic E-state index is 14.4. The molecule has 6 aromatic rings. The number of rotatable bonds is 4. The van der Waals surface area contributed by atoms with Gasteiger partial charge >= 0.3 is 11.9 Å². The van der Waals surface area contributed by atoms with Crippen LogP contribution in [-0.2, 0) is 20.4 Å². The predicted octanol–water partition coefficient (Wildman–Crippen LogP) is 6.18. The lowest BCUT2D eigenvalue weighted by Gasteiger charge is -2.29. The summed E-state index contributed by atoms with van der Waals surface area (Å²) in [5, 5.41) is 85.8. The molecule has 4 atom stereocenters. The van der Waals surface area contributed by atoms with Crippen LogP contribution in [0.15, 0.2) is 97.1 Å². The largest absolute Gasteiger partial charge is 0.508 e. The summed E-state index contributed by atoms with van der Waals surface area (Å²) in [6, 6.07) is 21.4. The molecule has 14 heteroatoms. The molecule has 0 bridgehead atoms. The Bertz CT molecular complexity index is 2640. The standard InChI is InChI=1S/C44H28O14/c45-23-7-3-19(4-8-23)39-43(37-29(51)13-27(49)17-33(37)55-39)35-21(11-25(47)15-31(35)57-41(43)53)1-2-22-12-26(48)16-32-36(22)44(42(54)58-32)38-30(52)14-28(50)18-34(38)56-40(44)20-5-9-24(46)10-6-20/h1-18,39-40,45-52H/b2-1-/t39-,40-,43-,44-/m1/s1. The van der Waals surface area contributed by atoms with Crippen LogP contribution in [0.3, 0.4) is 0 Å². The summed E-state index contributed by atoms with van der Waals surface area (Å²) < 4.78 is 24.3. The molecule has 8 N–H and O–H groups in total. The van der Waals surface area contributed by atoms with Gasteiger partial charge in [0.15, 0.2) is 10.8 Å². The molecule has 2 spiro atoms. The van der Waals surface area contributed by atoms with Crippen molar-refractivity contribution in [1.29, 1.82) is 0 Å². The van der Waals surface area contributed by atoms with Gasteiger partial charge in [-0.25, -0.2) is 0 Å². The Kier molecular flexibility index (Phi) is 6.99. The van der Waals surface area contributed by atoms with Crippen LogP contribution in [0.5, 0.6) is 69.0 Å². The summed E-state index contributed by atoms with van der Waals surface area (Å²) in [4.78, 5) is 28.8. The van der Waals surface area contributed by atoms with E-state index in [1.165, 1.54) is 97.1 Å². The number of esters is 2. The van der Waals surface area contributed by atoms with Gasteiger partial charge in [0.05, 0.1) is 11.1 Å². The lowest BCUT2D eigenvalue weighted by atomic mass is 9.68. The fourth-order valence-electron chi connectivity index (χ4n) is 8.97. The SMILES string of the molecule is O=C1Oc2cc(O)cc(/C=C\c3cc(O)cc4c3[C@@]3(C(=O)O4)c4c(O)cc(O)cc4O[C@@H]3c3ccc(O)cc3)c2[C@]12c1c(O)cc(O)cc1O[C@@H]2c1ccc(O)cc1. The van der Waals surface area contributed by atoms with Gasteiger partial charge in [0, 0.05) is 47.5 Å². The Morgan fingerprint density at radius 2 is 0.759 bits per heavy atom. The Hall–Kier alpha value is -8.00. The number of fused-ring (bicyclic) bond motifs is 8. The van der Waals surface area contributed by atoms with Crippen molar-refractivity contribution < 1.29 is 69.4 Å². The third-order valence-electron chi connectivity index (χ3n) is 11.1.